The van der Waals surface area contributed by atoms with Gasteiger partial charge in [0.1, 0.15) is 0 Å². The predicted octanol–water partition coefficient (Wildman–Crippen LogP) is 12.5. The molecule has 8 aromatic carbocycles. The van der Waals surface area contributed by atoms with Crippen LogP contribution in [0, 0.1) is 0 Å². The molecule has 0 amide bonds. The van der Waals surface area contributed by atoms with E-state index in [4.69, 9.17) is 0 Å². The van der Waals surface area contributed by atoms with Crippen LogP contribution in [0.4, 0.5) is 0 Å². The lowest BCUT2D eigenvalue weighted by atomic mass is 10.1. The summed E-state index contributed by atoms with van der Waals surface area (Å²) in [6, 6.07) is 70.8. The Morgan fingerprint density at radius 1 is 0.431 bits per heavy atom. The average Bonchev–Trinajstić information content (AvgIpc) is 3.94. The Morgan fingerprint density at radius 2 is 1.07 bits per heavy atom. The van der Waals surface area contributed by atoms with Gasteiger partial charge in [0, 0.05) is 47.7 Å². The van der Waals surface area contributed by atoms with Gasteiger partial charge in [0.05, 0.1) is 22.1 Å². The molecule has 11 aromatic rings. The van der Waals surface area contributed by atoms with Gasteiger partial charge in [0.2, 0.25) is 0 Å². The van der Waals surface area contributed by atoms with Crippen LogP contribution in [-0.4, -0.2) is 17.2 Å². The van der Waals surface area contributed by atoms with Gasteiger partial charge >= 0.3 is 0 Å². The molecule has 58 heavy (non-hydrogen) atoms. The van der Waals surface area contributed by atoms with Crippen molar-refractivity contribution in [1.29, 1.82) is 0 Å². The van der Waals surface area contributed by atoms with Crippen LogP contribution >= 0.6 is 11.3 Å². The number of hydrogen-bond acceptors (Lipinski definition) is 1. The highest BCUT2D eigenvalue weighted by molar-refractivity contribution is 7.25. The molecule has 1 atom stereocenters. The summed E-state index contributed by atoms with van der Waals surface area (Å²) in [5.41, 5.74) is 7.34. The monoisotopic (exact) mass is 774 g/mol. The van der Waals surface area contributed by atoms with Gasteiger partial charge in [0.15, 0.2) is 0 Å². The second-order valence-electron chi connectivity index (χ2n) is 15.5. The van der Waals surface area contributed by atoms with Crippen molar-refractivity contribution in [2.45, 2.75) is 12.8 Å². The van der Waals surface area contributed by atoms with E-state index < -0.39 is 8.07 Å². The normalized spacial score (nSPS) is 14.2. The maximum absolute atomic E-state index is 2.95. The summed E-state index contributed by atoms with van der Waals surface area (Å²) in [4.78, 5) is 0. The Morgan fingerprint density at radius 3 is 1.88 bits per heavy atom. The number of fused-ring (bicyclic) bond motifs is 9. The first-order chi connectivity index (χ1) is 28.8. The largest absolute Gasteiger partial charge is 0.309 e. The molecule has 0 fully saturated rings. The molecular formula is C54H38N2SSi-. The standard InChI is InChI=1S/C54H38N2SSi/c1-4-18-37(19-5-1)55-48-30-14-11-28-44(48)54-49(55)31-17-33-53(54)58(39-21-6-2-7-22-39,40-23-8-3-9-24-40)41-25-16-20-38(34-41)56-47-29-13-10-26-42(47)45-35-46-43-27-12-15-32-51(43)57-52(46)36-50(45)56/h1-8,10-23,25-36H,9,24H2/q-1. The molecule has 1 aliphatic carbocycles. The third kappa shape index (κ3) is 4.83. The topological polar surface area (TPSA) is 9.86 Å². The first kappa shape index (κ1) is 33.4. The average molecular weight is 775 g/mol. The second-order valence-corrected chi connectivity index (χ2v) is 20.4. The van der Waals surface area contributed by atoms with Crippen molar-refractivity contribution in [3.63, 3.8) is 0 Å². The van der Waals surface area contributed by atoms with E-state index in [-0.39, 0.29) is 0 Å². The number of para-hydroxylation sites is 3. The fourth-order valence-electron chi connectivity index (χ4n) is 10.2. The fraction of sp³-hybridized carbons (Fsp3) is 0.0370. The van der Waals surface area contributed by atoms with Gasteiger partial charge in [-0.3, -0.25) is 0 Å². The van der Waals surface area contributed by atoms with E-state index in [0.717, 1.165) is 12.8 Å². The summed E-state index contributed by atoms with van der Waals surface area (Å²) in [7, 11) is -2.95. The highest BCUT2D eigenvalue weighted by atomic mass is 32.1. The van der Waals surface area contributed by atoms with Crippen molar-refractivity contribution in [3.05, 3.63) is 211 Å². The minimum Gasteiger partial charge on any atom is -0.309 e. The van der Waals surface area contributed by atoms with Gasteiger partial charge in [-0.25, -0.2) is 0 Å². The molecule has 1 aliphatic rings. The molecule has 0 saturated heterocycles. The third-order valence-electron chi connectivity index (χ3n) is 12.5. The molecule has 0 spiro atoms. The van der Waals surface area contributed by atoms with Crippen LogP contribution in [0.2, 0.25) is 0 Å². The lowest BCUT2D eigenvalue weighted by molar-refractivity contribution is 1.01. The molecule has 275 valence electrons. The lowest BCUT2D eigenvalue weighted by Crippen LogP contribution is -2.69. The van der Waals surface area contributed by atoms with E-state index in [2.05, 4.69) is 215 Å². The number of nitrogens with zero attached hydrogens (tertiary/aromatic N) is 2. The summed E-state index contributed by atoms with van der Waals surface area (Å²) < 4.78 is 7.65. The molecule has 2 nitrogen and oxygen atoms in total. The Hall–Kier alpha value is -6.72. The maximum Gasteiger partial charge on any atom is 0.0555 e. The van der Waals surface area contributed by atoms with Crippen molar-refractivity contribution in [1.82, 2.24) is 9.13 Å². The Kier molecular flexibility index (Phi) is 7.59. The van der Waals surface area contributed by atoms with Crippen molar-refractivity contribution >= 4 is 98.8 Å². The molecule has 0 saturated carbocycles. The van der Waals surface area contributed by atoms with Gasteiger partial charge < -0.3 is 9.13 Å². The summed E-state index contributed by atoms with van der Waals surface area (Å²) in [6.07, 6.45) is 9.16. The van der Waals surface area contributed by atoms with E-state index in [1.165, 1.54) is 95.9 Å². The van der Waals surface area contributed by atoms with E-state index >= 15 is 0 Å². The number of benzene rings is 8. The predicted molar refractivity (Wildman–Crippen MR) is 252 cm³/mol. The molecule has 0 N–H and O–H groups in total. The molecule has 0 aliphatic heterocycles. The summed E-state index contributed by atoms with van der Waals surface area (Å²) in [5, 5.41) is 13.7. The number of rotatable bonds is 6. The quantitative estimate of drug-likeness (QED) is 0.118. The van der Waals surface area contributed by atoms with Crippen LogP contribution < -0.4 is 15.6 Å². The molecule has 12 rings (SSSR count). The minimum absolute atomic E-state index is 1.02. The van der Waals surface area contributed by atoms with Crippen LogP contribution in [0.15, 0.2) is 211 Å². The number of aromatic nitrogens is 2. The third-order valence-corrected chi connectivity index (χ3v) is 18.6. The van der Waals surface area contributed by atoms with E-state index in [1.54, 1.807) is 0 Å². The molecule has 1 unspecified atom stereocenters. The number of hydrogen-bond donors (Lipinski definition) is 0. The highest BCUT2D eigenvalue weighted by Crippen LogP contribution is 2.41. The zero-order valence-corrected chi connectivity index (χ0v) is 33.7. The molecule has 3 heterocycles. The Balaban J connectivity index is 1.20. The number of thiophene rings is 1. The SMILES string of the molecule is C1=CCCC([Si-](c2ccccc2)(c2cccc(-n3c4ccccc4c4cc5c(cc43)sc3ccccc35)c2)c2cccc3c2c2ccccc2n3-c2ccccc2)=C1. The Bertz CT molecular complexity index is 3460. The van der Waals surface area contributed by atoms with Gasteiger partial charge in [-0.1, -0.05) is 158 Å². The first-order valence-electron chi connectivity index (χ1n) is 20.2. The van der Waals surface area contributed by atoms with E-state index in [9.17, 15) is 0 Å². The summed E-state index contributed by atoms with van der Waals surface area (Å²) >= 11 is 1.89. The fourth-order valence-corrected chi connectivity index (χ4v) is 16.6. The van der Waals surface area contributed by atoms with Crippen LogP contribution in [0.5, 0.6) is 0 Å². The lowest BCUT2D eigenvalue weighted by Gasteiger charge is -2.50. The van der Waals surface area contributed by atoms with Crippen LogP contribution in [-0.2, 0) is 0 Å². The van der Waals surface area contributed by atoms with Gasteiger partial charge in [-0.15, -0.1) is 11.3 Å². The zero-order valence-electron chi connectivity index (χ0n) is 31.8. The molecule has 3 aromatic heterocycles. The van der Waals surface area contributed by atoms with Gasteiger partial charge in [0.25, 0.3) is 0 Å². The van der Waals surface area contributed by atoms with E-state index in [1.807, 2.05) is 11.3 Å². The molecular weight excluding hydrogens is 737 g/mol. The van der Waals surface area contributed by atoms with Gasteiger partial charge in [-0.2, -0.15) is 20.8 Å². The molecule has 0 radical (unpaired) electrons. The van der Waals surface area contributed by atoms with Crippen LogP contribution in [0.1, 0.15) is 12.8 Å². The highest BCUT2D eigenvalue weighted by Gasteiger charge is 2.33. The van der Waals surface area contributed by atoms with Crippen molar-refractivity contribution in [2.24, 2.45) is 0 Å². The Labute approximate surface area is 341 Å². The first-order valence-corrected chi connectivity index (χ1v) is 23.1. The zero-order chi connectivity index (χ0) is 38.2. The van der Waals surface area contributed by atoms with Crippen molar-refractivity contribution < 1.29 is 0 Å². The van der Waals surface area contributed by atoms with Gasteiger partial charge in [-0.05, 0) is 74.5 Å². The summed E-state index contributed by atoms with van der Waals surface area (Å²) in [5.74, 6) is 0. The maximum atomic E-state index is 2.55. The van der Waals surface area contributed by atoms with Crippen molar-refractivity contribution in [2.75, 3.05) is 0 Å². The van der Waals surface area contributed by atoms with Crippen LogP contribution in [0.3, 0.4) is 0 Å². The molecule has 0 bridgehead atoms. The van der Waals surface area contributed by atoms with Crippen molar-refractivity contribution in [3.8, 4) is 11.4 Å². The van der Waals surface area contributed by atoms with Crippen LogP contribution in [0.25, 0.3) is 75.2 Å². The number of allylic oxidation sites excluding steroid dienone is 4. The second kappa shape index (κ2) is 13.2. The van der Waals surface area contributed by atoms with E-state index in [0.29, 0.717) is 0 Å². The molecule has 4 heteroatoms. The smallest absolute Gasteiger partial charge is 0.0555 e. The minimum atomic E-state index is -2.95. The summed E-state index contributed by atoms with van der Waals surface area (Å²) in [6.45, 7) is 0.